The fraction of sp³-hybridized carbons (Fsp3) is 0.889. The number of aliphatic carboxylic acids is 1. The summed E-state index contributed by atoms with van der Waals surface area (Å²) in [5, 5.41) is 8.83. The fourth-order valence-electron chi connectivity index (χ4n) is 1.86. The molecule has 2 heteroatoms. The van der Waals surface area contributed by atoms with Gasteiger partial charge in [0.05, 0.1) is 5.92 Å². The third kappa shape index (κ3) is 2.21. The van der Waals surface area contributed by atoms with Crippen molar-refractivity contribution in [3.05, 3.63) is 0 Å². The molecule has 64 valence electrons. The van der Waals surface area contributed by atoms with Gasteiger partial charge in [0, 0.05) is 0 Å². The average molecular weight is 156 g/mol. The van der Waals surface area contributed by atoms with Crippen molar-refractivity contribution in [2.24, 2.45) is 11.8 Å². The van der Waals surface area contributed by atoms with E-state index in [2.05, 4.69) is 6.92 Å². The molecule has 0 radical (unpaired) electrons. The SMILES string of the molecule is C[C@@H]1CCCCC[C@H]1C(=O)O. The first-order chi connectivity index (χ1) is 5.22. The van der Waals surface area contributed by atoms with E-state index in [1.165, 1.54) is 12.8 Å². The highest BCUT2D eigenvalue weighted by Crippen LogP contribution is 2.28. The van der Waals surface area contributed by atoms with Gasteiger partial charge >= 0.3 is 5.97 Å². The highest BCUT2D eigenvalue weighted by atomic mass is 16.4. The first-order valence-corrected chi connectivity index (χ1v) is 4.44. The molecule has 11 heavy (non-hydrogen) atoms. The second-order valence-corrected chi connectivity index (χ2v) is 3.56. The number of carboxylic acids is 1. The van der Waals surface area contributed by atoms with Gasteiger partial charge in [-0.2, -0.15) is 0 Å². The molecule has 0 unspecified atom stereocenters. The summed E-state index contributed by atoms with van der Waals surface area (Å²) in [4.78, 5) is 10.7. The molecule has 0 spiro atoms. The van der Waals surface area contributed by atoms with Crippen molar-refractivity contribution in [2.45, 2.75) is 39.0 Å². The highest BCUT2D eigenvalue weighted by molar-refractivity contribution is 5.70. The van der Waals surface area contributed by atoms with Gasteiger partial charge in [0.2, 0.25) is 0 Å². The predicted octanol–water partition coefficient (Wildman–Crippen LogP) is 2.29. The monoisotopic (exact) mass is 156 g/mol. The van der Waals surface area contributed by atoms with Crippen LogP contribution in [0.1, 0.15) is 39.0 Å². The van der Waals surface area contributed by atoms with Crippen molar-refractivity contribution in [1.29, 1.82) is 0 Å². The zero-order valence-corrected chi connectivity index (χ0v) is 7.05. The molecule has 0 aromatic heterocycles. The molecule has 0 aromatic rings. The number of hydrogen-bond acceptors (Lipinski definition) is 1. The summed E-state index contributed by atoms with van der Waals surface area (Å²) in [5.41, 5.74) is 0. The van der Waals surface area contributed by atoms with E-state index in [1.807, 2.05) is 0 Å². The van der Waals surface area contributed by atoms with Crippen LogP contribution in [0.2, 0.25) is 0 Å². The van der Waals surface area contributed by atoms with Gasteiger partial charge in [0.1, 0.15) is 0 Å². The van der Waals surface area contributed by atoms with Crippen LogP contribution in [0.3, 0.4) is 0 Å². The molecule has 0 amide bonds. The normalized spacial score (nSPS) is 32.8. The number of carboxylic acid groups (broad SMARTS) is 1. The van der Waals surface area contributed by atoms with Crippen molar-refractivity contribution in [3.8, 4) is 0 Å². The molecule has 1 saturated carbocycles. The molecule has 1 aliphatic carbocycles. The molecule has 0 heterocycles. The standard InChI is InChI=1S/C9H16O2/c1-7-5-3-2-4-6-8(7)9(10)11/h7-8H,2-6H2,1H3,(H,10,11)/t7-,8-/m1/s1. The Labute approximate surface area is 67.6 Å². The Morgan fingerprint density at radius 1 is 1.27 bits per heavy atom. The molecule has 1 rings (SSSR count). The van der Waals surface area contributed by atoms with Crippen molar-refractivity contribution in [3.63, 3.8) is 0 Å². The lowest BCUT2D eigenvalue weighted by atomic mass is 9.90. The molecule has 0 aromatic carbocycles. The topological polar surface area (TPSA) is 37.3 Å². The summed E-state index contributed by atoms with van der Waals surface area (Å²) < 4.78 is 0. The van der Waals surface area contributed by atoms with Crippen LogP contribution < -0.4 is 0 Å². The van der Waals surface area contributed by atoms with Gasteiger partial charge < -0.3 is 5.11 Å². The molecule has 1 fully saturated rings. The van der Waals surface area contributed by atoms with E-state index in [-0.39, 0.29) is 5.92 Å². The van der Waals surface area contributed by atoms with Crippen molar-refractivity contribution in [1.82, 2.24) is 0 Å². The molecular weight excluding hydrogens is 140 g/mol. The lowest BCUT2D eigenvalue weighted by Crippen LogP contribution is -2.20. The first kappa shape index (κ1) is 8.57. The van der Waals surface area contributed by atoms with Crippen molar-refractivity contribution >= 4 is 5.97 Å². The average Bonchev–Trinajstić information content (AvgIpc) is 2.13. The van der Waals surface area contributed by atoms with E-state index in [0.717, 1.165) is 19.3 Å². The third-order valence-electron chi connectivity index (χ3n) is 2.68. The zero-order valence-electron chi connectivity index (χ0n) is 7.05. The summed E-state index contributed by atoms with van der Waals surface area (Å²) in [6.07, 6.45) is 5.51. The Morgan fingerprint density at radius 2 is 1.91 bits per heavy atom. The Balaban J connectivity index is 2.52. The predicted molar refractivity (Wildman–Crippen MR) is 43.4 cm³/mol. The van der Waals surface area contributed by atoms with Crippen molar-refractivity contribution < 1.29 is 9.90 Å². The van der Waals surface area contributed by atoms with Crippen LogP contribution >= 0.6 is 0 Å². The molecule has 0 saturated heterocycles. The maximum Gasteiger partial charge on any atom is 0.306 e. The van der Waals surface area contributed by atoms with Crippen LogP contribution in [0.25, 0.3) is 0 Å². The van der Waals surface area contributed by atoms with Crippen LogP contribution in [0.5, 0.6) is 0 Å². The van der Waals surface area contributed by atoms with Gasteiger partial charge in [-0.25, -0.2) is 0 Å². The van der Waals surface area contributed by atoms with E-state index in [4.69, 9.17) is 5.11 Å². The Morgan fingerprint density at radius 3 is 2.55 bits per heavy atom. The molecule has 1 aliphatic rings. The molecule has 0 aliphatic heterocycles. The van der Waals surface area contributed by atoms with Gasteiger partial charge in [0.25, 0.3) is 0 Å². The lowest BCUT2D eigenvalue weighted by Gasteiger charge is -2.15. The highest BCUT2D eigenvalue weighted by Gasteiger charge is 2.25. The van der Waals surface area contributed by atoms with Crippen LogP contribution in [-0.2, 0) is 4.79 Å². The van der Waals surface area contributed by atoms with Crippen LogP contribution in [-0.4, -0.2) is 11.1 Å². The minimum absolute atomic E-state index is 0.0718. The summed E-state index contributed by atoms with van der Waals surface area (Å²) in [5.74, 6) is -0.285. The Bertz CT molecular complexity index is 142. The second kappa shape index (κ2) is 3.74. The maximum absolute atomic E-state index is 10.7. The molecule has 2 atom stereocenters. The molecule has 0 bridgehead atoms. The largest absolute Gasteiger partial charge is 0.481 e. The quantitative estimate of drug-likeness (QED) is 0.591. The van der Waals surface area contributed by atoms with E-state index in [0.29, 0.717) is 5.92 Å². The molecular formula is C9H16O2. The maximum atomic E-state index is 10.7. The first-order valence-electron chi connectivity index (χ1n) is 4.44. The Kier molecular flexibility index (Phi) is 2.92. The number of rotatable bonds is 1. The Hall–Kier alpha value is -0.530. The fourth-order valence-corrected chi connectivity index (χ4v) is 1.86. The van der Waals surface area contributed by atoms with E-state index >= 15 is 0 Å². The number of carbonyl (C=O) groups is 1. The summed E-state index contributed by atoms with van der Waals surface area (Å²) in [6.45, 7) is 2.06. The number of hydrogen-bond donors (Lipinski definition) is 1. The van der Waals surface area contributed by atoms with E-state index < -0.39 is 5.97 Å². The van der Waals surface area contributed by atoms with Gasteiger partial charge in [0.15, 0.2) is 0 Å². The lowest BCUT2D eigenvalue weighted by molar-refractivity contribution is -0.143. The van der Waals surface area contributed by atoms with Gasteiger partial charge in [-0.05, 0) is 18.8 Å². The van der Waals surface area contributed by atoms with Crippen LogP contribution in [0.4, 0.5) is 0 Å². The second-order valence-electron chi connectivity index (χ2n) is 3.56. The van der Waals surface area contributed by atoms with Crippen LogP contribution in [0.15, 0.2) is 0 Å². The van der Waals surface area contributed by atoms with E-state index in [9.17, 15) is 4.79 Å². The molecule has 2 nitrogen and oxygen atoms in total. The minimum atomic E-state index is -0.598. The van der Waals surface area contributed by atoms with Crippen LogP contribution in [0, 0.1) is 11.8 Å². The molecule has 1 N–H and O–H groups in total. The minimum Gasteiger partial charge on any atom is -0.481 e. The summed E-state index contributed by atoms with van der Waals surface area (Å²) in [7, 11) is 0. The van der Waals surface area contributed by atoms with Crippen molar-refractivity contribution in [2.75, 3.05) is 0 Å². The summed E-state index contributed by atoms with van der Waals surface area (Å²) >= 11 is 0. The third-order valence-corrected chi connectivity index (χ3v) is 2.68. The summed E-state index contributed by atoms with van der Waals surface area (Å²) in [6, 6.07) is 0. The zero-order chi connectivity index (χ0) is 8.27. The van der Waals surface area contributed by atoms with Gasteiger partial charge in [-0.15, -0.1) is 0 Å². The van der Waals surface area contributed by atoms with Gasteiger partial charge in [-0.3, -0.25) is 4.79 Å². The smallest absolute Gasteiger partial charge is 0.306 e. The van der Waals surface area contributed by atoms with E-state index in [1.54, 1.807) is 0 Å². The van der Waals surface area contributed by atoms with Gasteiger partial charge in [-0.1, -0.05) is 26.2 Å².